The molecule has 0 heterocycles. The number of halogens is 1. The molecular weight excluding hydrogens is 292 g/mol. The van der Waals surface area contributed by atoms with E-state index in [9.17, 15) is 8.42 Å². The lowest BCUT2D eigenvalue weighted by Crippen LogP contribution is -2.15. The molecule has 0 spiro atoms. The molecule has 0 unspecified atom stereocenters. The standard InChI is InChI=1S/C11H13BrO3S/c12-9-5-7-11(8-6-9)16(13,14)15-10-3-1-2-4-10/h5-8,10H,1-4H2. The molecule has 0 atom stereocenters. The average molecular weight is 305 g/mol. The summed E-state index contributed by atoms with van der Waals surface area (Å²) in [5.41, 5.74) is 0. The van der Waals surface area contributed by atoms with Crippen LogP contribution in [-0.4, -0.2) is 14.5 Å². The van der Waals surface area contributed by atoms with Gasteiger partial charge in [-0.3, -0.25) is 4.18 Å². The number of benzene rings is 1. The third kappa shape index (κ3) is 2.84. The topological polar surface area (TPSA) is 43.4 Å². The minimum Gasteiger partial charge on any atom is -0.263 e. The van der Waals surface area contributed by atoms with E-state index in [4.69, 9.17) is 4.18 Å². The minimum absolute atomic E-state index is 0.131. The second kappa shape index (κ2) is 4.85. The van der Waals surface area contributed by atoms with Gasteiger partial charge >= 0.3 is 0 Å². The van der Waals surface area contributed by atoms with Crippen molar-refractivity contribution in [2.45, 2.75) is 36.7 Å². The van der Waals surface area contributed by atoms with E-state index in [2.05, 4.69) is 15.9 Å². The predicted octanol–water partition coefficient (Wildman–Crippen LogP) is 3.10. The fraction of sp³-hybridized carbons (Fsp3) is 0.455. The molecular formula is C11H13BrO3S. The van der Waals surface area contributed by atoms with Crippen LogP contribution in [0.25, 0.3) is 0 Å². The van der Waals surface area contributed by atoms with E-state index in [1.54, 1.807) is 24.3 Å². The lowest BCUT2D eigenvalue weighted by molar-refractivity contribution is 0.217. The summed E-state index contributed by atoms with van der Waals surface area (Å²) < 4.78 is 29.8. The number of rotatable bonds is 3. The smallest absolute Gasteiger partial charge is 0.263 e. The first-order valence-electron chi connectivity index (χ1n) is 5.27. The van der Waals surface area contributed by atoms with Crippen molar-refractivity contribution in [3.8, 4) is 0 Å². The van der Waals surface area contributed by atoms with Crippen LogP contribution in [0, 0.1) is 0 Å². The normalized spacial score (nSPS) is 17.8. The molecule has 0 amide bonds. The minimum atomic E-state index is -3.58. The van der Waals surface area contributed by atoms with Crippen LogP contribution in [0.1, 0.15) is 25.7 Å². The van der Waals surface area contributed by atoms with E-state index >= 15 is 0 Å². The van der Waals surface area contributed by atoms with E-state index in [0.29, 0.717) is 0 Å². The zero-order valence-electron chi connectivity index (χ0n) is 8.73. The Bertz CT molecular complexity index is 447. The molecule has 0 saturated heterocycles. The van der Waals surface area contributed by atoms with Crippen LogP contribution >= 0.6 is 15.9 Å². The van der Waals surface area contributed by atoms with Crippen LogP contribution in [0.15, 0.2) is 33.6 Å². The Morgan fingerprint density at radius 2 is 1.69 bits per heavy atom. The maximum absolute atomic E-state index is 11.9. The van der Waals surface area contributed by atoms with Gasteiger partial charge in [0.15, 0.2) is 0 Å². The maximum Gasteiger partial charge on any atom is 0.297 e. The van der Waals surface area contributed by atoms with Crippen molar-refractivity contribution in [2.24, 2.45) is 0 Å². The summed E-state index contributed by atoms with van der Waals surface area (Å²) in [4.78, 5) is 0.225. The molecule has 1 aliphatic rings. The van der Waals surface area contributed by atoms with Gasteiger partial charge < -0.3 is 0 Å². The Kier molecular flexibility index (Phi) is 3.66. The highest BCUT2D eigenvalue weighted by molar-refractivity contribution is 9.10. The first-order chi connectivity index (χ1) is 7.58. The molecule has 1 aromatic carbocycles. The summed E-state index contributed by atoms with van der Waals surface area (Å²) in [7, 11) is -3.58. The highest BCUT2D eigenvalue weighted by Crippen LogP contribution is 2.25. The second-order valence-corrected chi connectivity index (χ2v) is 6.40. The van der Waals surface area contributed by atoms with Crippen LogP contribution in [-0.2, 0) is 14.3 Å². The zero-order chi connectivity index (χ0) is 11.6. The fourth-order valence-corrected chi connectivity index (χ4v) is 3.22. The summed E-state index contributed by atoms with van der Waals surface area (Å²) in [6, 6.07) is 6.50. The fourth-order valence-electron chi connectivity index (χ4n) is 1.82. The Morgan fingerprint density at radius 3 is 2.25 bits per heavy atom. The van der Waals surface area contributed by atoms with Gasteiger partial charge in [-0.25, -0.2) is 0 Å². The third-order valence-electron chi connectivity index (χ3n) is 2.67. The van der Waals surface area contributed by atoms with Crippen molar-refractivity contribution < 1.29 is 12.6 Å². The summed E-state index contributed by atoms with van der Waals surface area (Å²) in [5.74, 6) is 0. The van der Waals surface area contributed by atoms with Gasteiger partial charge in [-0.1, -0.05) is 28.8 Å². The number of hydrogen-bond donors (Lipinski definition) is 0. The third-order valence-corrected chi connectivity index (χ3v) is 4.57. The molecule has 88 valence electrons. The van der Waals surface area contributed by atoms with Gasteiger partial charge in [-0.05, 0) is 37.1 Å². The van der Waals surface area contributed by atoms with Crippen LogP contribution in [0.2, 0.25) is 0 Å². The van der Waals surface area contributed by atoms with E-state index in [-0.39, 0.29) is 11.0 Å². The molecule has 0 N–H and O–H groups in total. The molecule has 1 saturated carbocycles. The Balaban J connectivity index is 2.14. The Hall–Kier alpha value is -0.390. The molecule has 3 nitrogen and oxygen atoms in total. The Morgan fingerprint density at radius 1 is 1.12 bits per heavy atom. The highest BCUT2D eigenvalue weighted by Gasteiger charge is 2.24. The molecule has 1 aliphatic carbocycles. The highest BCUT2D eigenvalue weighted by atomic mass is 79.9. The van der Waals surface area contributed by atoms with E-state index in [0.717, 1.165) is 30.2 Å². The molecule has 16 heavy (non-hydrogen) atoms. The van der Waals surface area contributed by atoms with Crippen molar-refractivity contribution in [1.29, 1.82) is 0 Å². The van der Waals surface area contributed by atoms with Gasteiger partial charge in [0.05, 0.1) is 11.0 Å². The van der Waals surface area contributed by atoms with E-state index in [1.807, 2.05) is 0 Å². The van der Waals surface area contributed by atoms with Gasteiger partial charge in [0.1, 0.15) is 0 Å². The monoisotopic (exact) mass is 304 g/mol. The lowest BCUT2D eigenvalue weighted by atomic mass is 10.3. The van der Waals surface area contributed by atoms with Crippen LogP contribution in [0.5, 0.6) is 0 Å². The molecule has 5 heteroatoms. The van der Waals surface area contributed by atoms with Gasteiger partial charge in [0, 0.05) is 4.47 Å². The Labute approximate surface area is 104 Å². The van der Waals surface area contributed by atoms with Crippen molar-refractivity contribution in [2.75, 3.05) is 0 Å². The van der Waals surface area contributed by atoms with Gasteiger partial charge in [-0.15, -0.1) is 0 Å². The van der Waals surface area contributed by atoms with Gasteiger partial charge in [-0.2, -0.15) is 8.42 Å². The summed E-state index contributed by atoms with van der Waals surface area (Å²) >= 11 is 3.26. The zero-order valence-corrected chi connectivity index (χ0v) is 11.1. The quantitative estimate of drug-likeness (QED) is 0.806. The second-order valence-electron chi connectivity index (χ2n) is 3.91. The molecule has 0 radical (unpaired) electrons. The van der Waals surface area contributed by atoms with Crippen LogP contribution in [0.3, 0.4) is 0 Å². The summed E-state index contributed by atoms with van der Waals surface area (Å²) in [6.45, 7) is 0. The van der Waals surface area contributed by atoms with Crippen molar-refractivity contribution in [3.63, 3.8) is 0 Å². The van der Waals surface area contributed by atoms with Crippen LogP contribution < -0.4 is 0 Å². The van der Waals surface area contributed by atoms with Crippen molar-refractivity contribution in [1.82, 2.24) is 0 Å². The molecule has 1 fully saturated rings. The largest absolute Gasteiger partial charge is 0.297 e. The molecule has 1 aromatic rings. The van der Waals surface area contributed by atoms with Crippen molar-refractivity contribution >= 4 is 26.0 Å². The molecule has 0 aromatic heterocycles. The lowest BCUT2D eigenvalue weighted by Gasteiger charge is -2.11. The molecule has 0 aliphatic heterocycles. The average Bonchev–Trinajstić information content (AvgIpc) is 2.70. The number of hydrogen-bond acceptors (Lipinski definition) is 3. The first kappa shape index (κ1) is 12.1. The summed E-state index contributed by atoms with van der Waals surface area (Å²) in [6.07, 6.45) is 3.67. The van der Waals surface area contributed by atoms with Crippen LogP contribution in [0.4, 0.5) is 0 Å². The van der Waals surface area contributed by atoms with Gasteiger partial charge in [0.2, 0.25) is 0 Å². The molecule has 0 bridgehead atoms. The maximum atomic E-state index is 11.9. The SMILES string of the molecule is O=S(=O)(OC1CCCC1)c1ccc(Br)cc1. The predicted molar refractivity (Wildman–Crippen MR) is 64.7 cm³/mol. The first-order valence-corrected chi connectivity index (χ1v) is 7.47. The molecule has 2 rings (SSSR count). The van der Waals surface area contributed by atoms with Gasteiger partial charge in [0.25, 0.3) is 10.1 Å². The summed E-state index contributed by atoms with van der Waals surface area (Å²) in [5, 5.41) is 0. The van der Waals surface area contributed by atoms with E-state index < -0.39 is 10.1 Å². The van der Waals surface area contributed by atoms with E-state index in [1.165, 1.54) is 0 Å². The van der Waals surface area contributed by atoms with Crippen molar-refractivity contribution in [3.05, 3.63) is 28.7 Å².